The van der Waals surface area contributed by atoms with Crippen molar-refractivity contribution in [1.82, 2.24) is 9.78 Å². The molecule has 0 bridgehead atoms. The maximum atomic E-state index is 12.0. The van der Waals surface area contributed by atoms with Crippen LogP contribution in [-0.2, 0) is 4.74 Å². The summed E-state index contributed by atoms with van der Waals surface area (Å²) < 4.78 is 7.78. The van der Waals surface area contributed by atoms with Crippen molar-refractivity contribution in [3.8, 4) is 0 Å². The zero-order valence-electron chi connectivity index (χ0n) is 10.8. The summed E-state index contributed by atoms with van der Waals surface area (Å²) >= 11 is 2.24. The summed E-state index contributed by atoms with van der Waals surface area (Å²) in [6, 6.07) is 5.85. The number of fused-ring (bicyclic) bond motifs is 1. The van der Waals surface area contributed by atoms with E-state index >= 15 is 0 Å². The first kappa shape index (κ1) is 13.3. The van der Waals surface area contributed by atoms with Crippen LogP contribution >= 0.6 is 22.6 Å². The van der Waals surface area contributed by atoms with Gasteiger partial charge in [-0.05, 0) is 68.5 Å². The van der Waals surface area contributed by atoms with Crippen molar-refractivity contribution >= 4 is 39.6 Å². The van der Waals surface area contributed by atoms with Crippen LogP contribution in [0.25, 0.3) is 10.9 Å². The Morgan fingerprint density at radius 1 is 1.39 bits per heavy atom. The lowest BCUT2D eigenvalue weighted by molar-refractivity contribution is 0.0522. The molecule has 0 radical (unpaired) electrons. The number of hydrogen-bond donors (Lipinski definition) is 0. The third kappa shape index (κ3) is 2.66. The molecule has 0 saturated carbocycles. The van der Waals surface area contributed by atoms with E-state index in [4.69, 9.17) is 4.74 Å². The Morgan fingerprint density at radius 2 is 2.06 bits per heavy atom. The van der Waals surface area contributed by atoms with E-state index in [1.807, 2.05) is 45.9 Å². The van der Waals surface area contributed by atoms with E-state index in [0.29, 0.717) is 0 Å². The number of aryl methyl sites for hydroxylation is 1. The zero-order valence-corrected chi connectivity index (χ0v) is 13.0. The quantitative estimate of drug-likeness (QED) is 0.674. The molecule has 1 aromatic carbocycles. The molecule has 2 aromatic rings. The Balaban J connectivity index is 2.49. The van der Waals surface area contributed by atoms with E-state index in [0.717, 1.165) is 20.2 Å². The first-order valence-electron chi connectivity index (χ1n) is 5.66. The van der Waals surface area contributed by atoms with Gasteiger partial charge in [-0.2, -0.15) is 9.78 Å². The highest BCUT2D eigenvalue weighted by Gasteiger charge is 2.21. The highest BCUT2D eigenvalue weighted by atomic mass is 127. The number of benzene rings is 1. The average molecular weight is 358 g/mol. The Kier molecular flexibility index (Phi) is 3.35. The van der Waals surface area contributed by atoms with Gasteiger partial charge in [-0.15, -0.1) is 0 Å². The summed E-state index contributed by atoms with van der Waals surface area (Å²) in [5.74, 6) is 0. The van der Waals surface area contributed by atoms with Crippen LogP contribution in [0, 0.1) is 10.5 Å². The molecule has 18 heavy (non-hydrogen) atoms. The van der Waals surface area contributed by atoms with Gasteiger partial charge in [-0.3, -0.25) is 0 Å². The molecule has 0 fully saturated rings. The van der Waals surface area contributed by atoms with Gasteiger partial charge in [0.05, 0.1) is 11.2 Å². The normalized spacial score (nSPS) is 11.8. The lowest BCUT2D eigenvalue weighted by Crippen LogP contribution is -2.27. The number of aromatic nitrogens is 2. The summed E-state index contributed by atoms with van der Waals surface area (Å²) in [6.07, 6.45) is -0.443. The number of carbonyl (C=O) groups is 1. The van der Waals surface area contributed by atoms with Crippen LogP contribution in [0.2, 0.25) is 0 Å². The lowest BCUT2D eigenvalue weighted by Gasteiger charge is -2.19. The predicted octanol–water partition coefficient (Wildman–Crippen LogP) is 3.73. The maximum absolute atomic E-state index is 12.0. The van der Waals surface area contributed by atoms with Gasteiger partial charge in [0.1, 0.15) is 5.60 Å². The fourth-order valence-electron chi connectivity index (χ4n) is 1.68. The zero-order chi connectivity index (χ0) is 13.5. The number of halogens is 1. The van der Waals surface area contributed by atoms with Crippen LogP contribution in [0.5, 0.6) is 0 Å². The second kappa shape index (κ2) is 4.53. The molecule has 0 amide bonds. The molecule has 1 heterocycles. The van der Waals surface area contributed by atoms with Gasteiger partial charge in [0.25, 0.3) is 0 Å². The van der Waals surface area contributed by atoms with Crippen molar-refractivity contribution in [2.45, 2.75) is 33.3 Å². The second-order valence-electron chi connectivity index (χ2n) is 5.14. The van der Waals surface area contributed by atoms with Crippen LogP contribution in [0.3, 0.4) is 0 Å². The SMILES string of the molecule is Cc1nn(C(=O)OC(C)(C)C)c2ccc(I)cc12. The molecule has 0 saturated heterocycles. The summed E-state index contributed by atoms with van der Waals surface area (Å²) in [6.45, 7) is 7.41. The molecule has 1 aromatic heterocycles. The van der Waals surface area contributed by atoms with Crippen LogP contribution < -0.4 is 0 Å². The highest BCUT2D eigenvalue weighted by molar-refractivity contribution is 14.1. The van der Waals surface area contributed by atoms with Crippen molar-refractivity contribution in [3.05, 3.63) is 27.5 Å². The van der Waals surface area contributed by atoms with Crippen molar-refractivity contribution < 1.29 is 9.53 Å². The molecule has 0 aliphatic carbocycles. The topological polar surface area (TPSA) is 44.1 Å². The number of ether oxygens (including phenoxy) is 1. The summed E-state index contributed by atoms with van der Waals surface area (Å²) in [5, 5.41) is 5.23. The molecule has 0 aliphatic rings. The van der Waals surface area contributed by atoms with Gasteiger partial charge in [-0.25, -0.2) is 4.79 Å². The fraction of sp³-hybridized carbons (Fsp3) is 0.385. The molecule has 5 heteroatoms. The molecule has 2 rings (SSSR count). The maximum Gasteiger partial charge on any atom is 0.435 e. The van der Waals surface area contributed by atoms with E-state index in [-0.39, 0.29) is 0 Å². The van der Waals surface area contributed by atoms with Crippen molar-refractivity contribution in [3.63, 3.8) is 0 Å². The lowest BCUT2D eigenvalue weighted by atomic mass is 10.2. The molecular formula is C13H15IN2O2. The molecule has 0 N–H and O–H groups in total. The summed E-state index contributed by atoms with van der Waals surface area (Å²) in [4.78, 5) is 12.0. The van der Waals surface area contributed by atoms with Gasteiger partial charge < -0.3 is 4.74 Å². The molecule has 0 unspecified atom stereocenters. The first-order valence-corrected chi connectivity index (χ1v) is 6.74. The van der Waals surface area contributed by atoms with Gasteiger partial charge in [-0.1, -0.05) is 0 Å². The smallest absolute Gasteiger partial charge is 0.435 e. The molecule has 4 nitrogen and oxygen atoms in total. The van der Waals surface area contributed by atoms with Crippen LogP contribution in [0.1, 0.15) is 26.5 Å². The number of carbonyl (C=O) groups excluding carboxylic acids is 1. The van der Waals surface area contributed by atoms with Crippen LogP contribution in [-0.4, -0.2) is 21.5 Å². The van der Waals surface area contributed by atoms with E-state index in [2.05, 4.69) is 27.7 Å². The number of rotatable bonds is 0. The third-order valence-electron chi connectivity index (χ3n) is 2.39. The Morgan fingerprint density at radius 3 is 2.67 bits per heavy atom. The fourth-order valence-corrected chi connectivity index (χ4v) is 2.18. The molecule has 0 aliphatic heterocycles. The highest BCUT2D eigenvalue weighted by Crippen LogP contribution is 2.21. The van der Waals surface area contributed by atoms with E-state index in [1.165, 1.54) is 4.68 Å². The first-order chi connectivity index (χ1) is 8.28. The summed E-state index contributed by atoms with van der Waals surface area (Å²) in [7, 11) is 0. The van der Waals surface area contributed by atoms with E-state index < -0.39 is 11.7 Å². The minimum atomic E-state index is -0.521. The molecular weight excluding hydrogens is 343 g/mol. The van der Waals surface area contributed by atoms with Gasteiger partial charge >= 0.3 is 6.09 Å². The Hall–Kier alpha value is -1.11. The van der Waals surface area contributed by atoms with Crippen LogP contribution in [0.4, 0.5) is 4.79 Å². The number of hydrogen-bond acceptors (Lipinski definition) is 3. The Bertz CT molecular complexity index is 611. The van der Waals surface area contributed by atoms with E-state index in [9.17, 15) is 4.79 Å². The Labute approximate surface area is 119 Å². The van der Waals surface area contributed by atoms with E-state index in [1.54, 1.807) is 0 Å². The molecule has 0 atom stereocenters. The minimum Gasteiger partial charge on any atom is -0.442 e. The van der Waals surface area contributed by atoms with Gasteiger partial charge in [0, 0.05) is 8.96 Å². The standard InChI is InChI=1S/C13H15IN2O2/c1-8-10-7-9(14)5-6-11(10)16(15-8)12(17)18-13(2,3)4/h5-7H,1-4H3. The van der Waals surface area contributed by atoms with Gasteiger partial charge in [0.15, 0.2) is 0 Å². The van der Waals surface area contributed by atoms with Crippen molar-refractivity contribution in [2.75, 3.05) is 0 Å². The third-order valence-corrected chi connectivity index (χ3v) is 3.06. The largest absolute Gasteiger partial charge is 0.442 e. The minimum absolute atomic E-state index is 0.443. The van der Waals surface area contributed by atoms with Crippen molar-refractivity contribution in [1.29, 1.82) is 0 Å². The molecule has 96 valence electrons. The predicted molar refractivity (Wildman–Crippen MR) is 78.8 cm³/mol. The number of nitrogens with zero attached hydrogens (tertiary/aromatic N) is 2. The molecule has 0 spiro atoms. The van der Waals surface area contributed by atoms with Crippen molar-refractivity contribution in [2.24, 2.45) is 0 Å². The van der Waals surface area contributed by atoms with Gasteiger partial charge in [0.2, 0.25) is 0 Å². The summed E-state index contributed by atoms with van der Waals surface area (Å²) in [5.41, 5.74) is 1.09. The van der Waals surface area contributed by atoms with Crippen LogP contribution in [0.15, 0.2) is 18.2 Å². The monoisotopic (exact) mass is 358 g/mol. The second-order valence-corrected chi connectivity index (χ2v) is 6.38. The average Bonchev–Trinajstić information content (AvgIpc) is 2.54.